The summed E-state index contributed by atoms with van der Waals surface area (Å²) in [6, 6.07) is 11.6. The lowest BCUT2D eigenvalue weighted by Gasteiger charge is -2.16. The van der Waals surface area contributed by atoms with Crippen LogP contribution in [0.1, 0.15) is 44.2 Å². The molecule has 1 saturated heterocycles. The number of anilines is 1. The van der Waals surface area contributed by atoms with E-state index in [-0.39, 0.29) is 6.04 Å². The third kappa shape index (κ3) is 4.34. The molecule has 0 radical (unpaired) electrons. The Bertz CT molecular complexity index is 873. The van der Waals surface area contributed by atoms with Crippen LogP contribution < -0.4 is 10.6 Å². The number of aromatic nitrogens is 2. The Morgan fingerprint density at radius 1 is 1.07 bits per heavy atom. The quantitative estimate of drug-likeness (QED) is 0.780. The van der Waals surface area contributed by atoms with Gasteiger partial charge < -0.3 is 15.5 Å². The number of rotatable bonds is 4. The molecule has 29 heavy (non-hydrogen) atoms. The van der Waals surface area contributed by atoms with Crippen molar-refractivity contribution in [3.63, 3.8) is 0 Å². The molecule has 1 aromatic carbocycles. The summed E-state index contributed by atoms with van der Waals surface area (Å²) < 4.78 is 1.73. The van der Waals surface area contributed by atoms with E-state index < -0.39 is 11.8 Å². The van der Waals surface area contributed by atoms with Crippen LogP contribution in [0.2, 0.25) is 0 Å². The third-order valence-corrected chi connectivity index (χ3v) is 6.06. The highest BCUT2D eigenvalue weighted by atomic mass is 16.2. The molecular weight excluding hydrogens is 366 g/mol. The van der Waals surface area contributed by atoms with Crippen LogP contribution in [0.4, 0.5) is 5.82 Å². The van der Waals surface area contributed by atoms with Crippen LogP contribution in [0.25, 0.3) is 5.69 Å². The van der Waals surface area contributed by atoms with Gasteiger partial charge in [-0.1, -0.05) is 38.0 Å². The molecule has 2 atom stereocenters. The van der Waals surface area contributed by atoms with E-state index in [1.165, 1.54) is 12.8 Å². The lowest BCUT2D eigenvalue weighted by Crippen LogP contribution is -2.45. The lowest BCUT2D eigenvalue weighted by atomic mass is 10.0. The fraction of sp³-hybridized carbons (Fsp3) is 0.500. The van der Waals surface area contributed by atoms with Crippen LogP contribution in [0.5, 0.6) is 0 Å². The van der Waals surface area contributed by atoms with E-state index in [0.717, 1.165) is 37.3 Å². The predicted molar refractivity (Wildman–Crippen MR) is 112 cm³/mol. The number of amides is 2. The van der Waals surface area contributed by atoms with Crippen molar-refractivity contribution in [2.45, 2.75) is 44.6 Å². The van der Waals surface area contributed by atoms with Gasteiger partial charge in [-0.2, -0.15) is 5.10 Å². The van der Waals surface area contributed by atoms with Crippen molar-refractivity contribution in [1.29, 1.82) is 0 Å². The van der Waals surface area contributed by atoms with E-state index >= 15 is 0 Å². The summed E-state index contributed by atoms with van der Waals surface area (Å²) in [5.74, 6) is 0.0249. The molecule has 2 aromatic rings. The number of nitrogens with one attached hydrogen (secondary N) is 2. The fourth-order valence-electron chi connectivity index (χ4n) is 4.48. The number of hydrogen-bond acceptors (Lipinski definition) is 4. The number of benzene rings is 1. The fourth-order valence-corrected chi connectivity index (χ4v) is 4.48. The molecule has 1 aliphatic heterocycles. The number of carbonyl (C=O) groups excluding carboxylic acids is 2. The standard InChI is InChI=1S/C22H29N5O2/c1-15-13-26(2)14-19(15)23-21(28)22(29)24-20-12-18(16-8-6-7-9-16)25-27(20)17-10-4-3-5-11-17/h3-5,10-12,15-16,19H,6-9,13-14H2,1-2H3,(H,23,28)(H,24,29). The highest BCUT2D eigenvalue weighted by Crippen LogP contribution is 2.35. The van der Waals surface area contributed by atoms with Gasteiger partial charge in [0.15, 0.2) is 0 Å². The molecule has 4 rings (SSSR count). The molecule has 2 heterocycles. The zero-order valence-corrected chi connectivity index (χ0v) is 17.1. The van der Waals surface area contributed by atoms with Crippen molar-refractivity contribution < 1.29 is 9.59 Å². The van der Waals surface area contributed by atoms with E-state index in [1.54, 1.807) is 4.68 Å². The predicted octanol–water partition coefficient (Wildman–Crippen LogP) is 2.53. The van der Waals surface area contributed by atoms with Crippen molar-refractivity contribution in [3.8, 4) is 5.69 Å². The van der Waals surface area contributed by atoms with Crippen LogP contribution in [0, 0.1) is 5.92 Å². The number of likely N-dealkylation sites (tertiary alicyclic amines) is 1. The first kappa shape index (κ1) is 19.6. The third-order valence-electron chi connectivity index (χ3n) is 6.06. The summed E-state index contributed by atoms with van der Waals surface area (Å²) in [4.78, 5) is 27.3. The van der Waals surface area contributed by atoms with Crippen LogP contribution in [0.3, 0.4) is 0 Å². The first-order valence-electron chi connectivity index (χ1n) is 10.5. The molecule has 1 aromatic heterocycles. The summed E-state index contributed by atoms with van der Waals surface area (Å²) >= 11 is 0. The molecule has 2 unspecified atom stereocenters. The van der Waals surface area contributed by atoms with Crippen LogP contribution in [0.15, 0.2) is 36.4 Å². The average Bonchev–Trinajstić information content (AvgIpc) is 3.43. The van der Waals surface area contributed by atoms with Gasteiger partial charge in [-0.3, -0.25) is 9.59 Å². The van der Waals surface area contributed by atoms with Crippen LogP contribution in [-0.2, 0) is 9.59 Å². The number of para-hydroxylation sites is 1. The van der Waals surface area contributed by atoms with Gasteiger partial charge in [0.2, 0.25) is 0 Å². The van der Waals surface area contributed by atoms with E-state index in [1.807, 2.05) is 43.4 Å². The van der Waals surface area contributed by atoms with Crippen molar-refractivity contribution in [1.82, 2.24) is 20.0 Å². The number of likely N-dealkylation sites (N-methyl/N-ethyl adjacent to an activating group) is 1. The van der Waals surface area contributed by atoms with Crippen molar-refractivity contribution >= 4 is 17.6 Å². The molecule has 2 fully saturated rings. The van der Waals surface area contributed by atoms with E-state index in [4.69, 9.17) is 5.10 Å². The first-order valence-corrected chi connectivity index (χ1v) is 10.5. The van der Waals surface area contributed by atoms with E-state index in [9.17, 15) is 9.59 Å². The highest BCUT2D eigenvalue weighted by molar-refractivity contribution is 6.39. The minimum atomic E-state index is -0.651. The van der Waals surface area contributed by atoms with Gasteiger partial charge in [-0.05, 0) is 37.9 Å². The van der Waals surface area contributed by atoms with Gasteiger partial charge in [0, 0.05) is 31.1 Å². The topological polar surface area (TPSA) is 79.3 Å². The number of hydrogen-bond donors (Lipinski definition) is 2. The molecule has 2 amide bonds. The molecule has 7 nitrogen and oxygen atoms in total. The monoisotopic (exact) mass is 395 g/mol. The Kier molecular flexibility index (Phi) is 5.67. The molecule has 1 aliphatic carbocycles. The summed E-state index contributed by atoms with van der Waals surface area (Å²) in [5.41, 5.74) is 1.84. The molecule has 2 N–H and O–H groups in total. The van der Waals surface area contributed by atoms with E-state index in [0.29, 0.717) is 17.7 Å². The van der Waals surface area contributed by atoms with E-state index in [2.05, 4.69) is 22.5 Å². The van der Waals surface area contributed by atoms with Gasteiger partial charge in [-0.25, -0.2) is 4.68 Å². The second-order valence-corrected chi connectivity index (χ2v) is 8.42. The molecule has 0 bridgehead atoms. The number of carbonyl (C=O) groups is 2. The van der Waals surface area contributed by atoms with Gasteiger partial charge in [0.25, 0.3) is 0 Å². The number of nitrogens with zero attached hydrogens (tertiary/aromatic N) is 3. The van der Waals surface area contributed by atoms with Crippen LogP contribution >= 0.6 is 0 Å². The maximum atomic E-state index is 12.6. The zero-order chi connectivity index (χ0) is 20.4. The maximum absolute atomic E-state index is 12.6. The zero-order valence-electron chi connectivity index (χ0n) is 17.1. The average molecular weight is 396 g/mol. The molecule has 0 spiro atoms. The smallest absolute Gasteiger partial charge is 0.314 e. The SMILES string of the molecule is CC1CN(C)CC1NC(=O)C(=O)Nc1cc(C2CCCC2)nn1-c1ccccc1. The Balaban J connectivity index is 1.52. The summed E-state index contributed by atoms with van der Waals surface area (Å²) in [6.45, 7) is 3.76. The normalized spacial score (nSPS) is 22.7. The summed E-state index contributed by atoms with van der Waals surface area (Å²) in [5, 5.41) is 10.4. The lowest BCUT2D eigenvalue weighted by molar-refractivity contribution is -0.136. The minimum absolute atomic E-state index is 0.00802. The molecule has 2 aliphatic rings. The Morgan fingerprint density at radius 2 is 1.79 bits per heavy atom. The second-order valence-electron chi connectivity index (χ2n) is 8.42. The molecule has 1 saturated carbocycles. The molecule has 7 heteroatoms. The highest BCUT2D eigenvalue weighted by Gasteiger charge is 2.30. The maximum Gasteiger partial charge on any atom is 0.314 e. The van der Waals surface area contributed by atoms with Gasteiger partial charge in [0.1, 0.15) is 5.82 Å². The van der Waals surface area contributed by atoms with Gasteiger partial charge in [-0.15, -0.1) is 0 Å². The Morgan fingerprint density at radius 3 is 2.45 bits per heavy atom. The van der Waals surface area contributed by atoms with Crippen molar-refractivity contribution in [2.75, 3.05) is 25.5 Å². The Labute approximate surface area is 171 Å². The van der Waals surface area contributed by atoms with Gasteiger partial charge >= 0.3 is 11.8 Å². The van der Waals surface area contributed by atoms with Gasteiger partial charge in [0.05, 0.1) is 11.4 Å². The first-order chi connectivity index (χ1) is 14.0. The summed E-state index contributed by atoms with van der Waals surface area (Å²) in [7, 11) is 2.02. The molecule has 154 valence electrons. The largest absolute Gasteiger partial charge is 0.343 e. The minimum Gasteiger partial charge on any atom is -0.343 e. The van der Waals surface area contributed by atoms with Crippen molar-refractivity contribution in [2.24, 2.45) is 5.92 Å². The Hall–Kier alpha value is -2.67. The van der Waals surface area contributed by atoms with Crippen LogP contribution in [-0.4, -0.2) is 52.7 Å². The molecular formula is C22H29N5O2. The summed E-state index contributed by atoms with van der Waals surface area (Å²) in [6.07, 6.45) is 4.65. The second kappa shape index (κ2) is 8.37. The van der Waals surface area contributed by atoms with Crippen molar-refractivity contribution in [3.05, 3.63) is 42.1 Å².